The molecule has 0 radical (unpaired) electrons. The van der Waals surface area contributed by atoms with Crippen molar-refractivity contribution < 1.29 is 14.4 Å². The van der Waals surface area contributed by atoms with E-state index in [1.54, 1.807) is 18.0 Å². The Bertz CT molecular complexity index is 770. The van der Waals surface area contributed by atoms with Gasteiger partial charge in [-0.2, -0.15) is 0 Å². The predicted octanol–water partition coefficient (Wildman–Crippen LogP) is 1.71. The van der Waals surface area contributed by atoms with Gasteiger partial charge in [-0.3, -0.25) is 14.9 Å². The number of hydrogen-bond donors (Lipinski definition) is 1. The molecular weight excluding hydrogens is 364 g/mol. The van der Waals surface area contributed by atoms with Gasteiger partial charge in [-0.1, -0.05) is 41.6 Å². The Hall–Kier alpha value is -2.06. The molecule has 0 aliphatic carbocycles. The zero-order chi connectivity index (χ0) is 18.1. The summed E-state index contributed by atoms with van der Waals surface area (Å²) in [5.41, 5.74) is 0.841. The smallest absolute Gasteiger partial charge is 0.325 e. The van der Waals surface area contributed by atoms with Gasteiger partial charge in [0, 0.05) is 18.6 Å². The van der Waals surface area contributed by atoms with Crippen LogP contribution in [0, 0.1) is 0 Å². The van der Waals surface area contributed by atoms with Crippen molar-refractivity contribution in [2.24, 2.45) is 4.99 Å². The summed E-state index contributed by atoms with van der Waals surface area (Å²) in [7, 11) is 1.59. The van der Waals surface area contributed by atoms with Gasteiger partial charge in [0.25, 0.3) is 5.91 Å². The molecule has 3 amide bonds. The number of amides is 3. The lowest BCUT2D eigenvalue weighted by molar-refractivity contribution is -0.127. The number of nitrogens with zero attached hydrogens (tertiary/aromatic N) is 3. The molecular formula is C16H17ClN4O3S. The number of ketones is 1. The van der Waals surface area contributed by atoms with Crippen LogP contribution in [0.5, 0.6) is 0 Å². The lowest BCUT2D eigenvalue weighted by atomic mass is 10.1. The number of Topliss-reactive ketones (excluding diaryl/α,β-unsaturated/α-hetero) is 1. The van der Waals surface area contributed by atoms with E-state index in [1.165, 1.54) is 23.6 Å². The Balaban J connectivity index is 1.92. The molecule has 1 saturated heterocycles. The van der Waals surface area contributed by atoms with E-state index in [4.69, 9.17) is 11.6 Å². The number of likely N-dealkylation sites (N-methyl/N-ethyl adjacent to an activating group) is 1. The molecule has 7 nitrogen and oxygen atoms in total. The van der Waals surface area contributed by atoms with E-state index < -0.39 is 24.1 Å². The van der Waals surface area contributed by atoms with Crippen LogP contribution in [0.1, 0.15) is 12.5 Å². The van der Waals surface area contributed by atoms with Crippen LogP contribution in [-0.2, 0) is 16.1 Å². The molecule has 2 heterocycles. The van der Waals surface area contributed by atoms with E-state index >= 15 is 0 Å². The van der Waals surface area contributed by atoms with Crippen molar-refractivity contribution in [1.29, 1.82) is 0 Å². The van der Waals surface area contributed by atoms with Gasteiger partial charge in [0.15, 0.2) is 17.4 Å². The van der Waals surface area contributed by atoms with Gasteiger partial charge in [-0.15, -0.1) is 0 Å². The molecule has 0 saturated carbocycles. The lowest BCUT2D eigenvalue weighted by Crippen LogP contribution is -2.63. The fraction of sp³-hybridized carbons (Fsp3) is 0.375. The molecule has 3 rings (SSSR count). The van der Waals surface area contributed by atoms with Crippen LogP contribution >= 0.6 is 23.4 Å². The van der Waals surface area contributed by atoms with Crippen LogP contribution in [-0.4, -0.2) is 57.7 Å². The number of fused-ring (bicyclic) bond motifs is 1. The molecule has 2 atom stereocenters. The van der Waals surface area contributed by atoms with E-state index in [1.807, 2.05) is 18.2 Å². The zero-order valence-electron chi connectivity index (χ0n) is 13.7. The van der Waals surface area contributed by atoms with Crippen LogP contribution in [0.2, 0.25) is 5.02 Å². The van der Waals surface area contributed by atoms with Gasteiger partial charge in [-0.05, 0) is 18.6 Å². The van der Waals surface area contributed by atoms with Crippen molar-refractivity contribution in [3.63, 3.8) is 0 Å². The minimum absolute atomic E-state index is 0.00847. The second-order valence-corrected chi connectivity index (χ2v) is 7.24. The summed E-state index contributed by atoms with van der Waals surface area (Å²) in [6.45, 7) is 1.86. The normalized spacial score (nSPS) is 22.6. The summed E-state index contributed by atoms with van der Waals surface area (Å²) in [4.78, 5) is 43.4. The van der Waals surface area contributed by atoms with Crippen molar-refractivity contribution in [2.45, 2.75) is 25.7 Å². The summed E-state index contributed by atoms with van der Waals surface area (Å²) in [6.07, 6.45) is -0.613. The number of rotatable bonds is 4. The molecule has 2 aliphatic heterocycles. The second kappa shape index (κ2) is 7.05. The van der Waals surface area contributed by atoms with Crippen LogP contribution in [0.15, 0.2) is 29.3 Å². The Morgan fingerprint density at radius 3 is 2.76 bits per heavy atom. The average molecular weight is 381 g/mol. The highest BCUT2D eigenvalue weighted by atomic mass is 35.5. The maximum atomic E-state index is 12.4. The van der Waals surface area contributed by atoms with Crippen molar-refractivity contribution in [1.82, 2.24) is 15.1 Å². The summed E-state index contributed by atoms with van der Waals surface area (Å²) in [5, 5.41) is 3.48. The fourth-order valence-electron chi connectivity index (χ4n) is 2.76. The molecule has 0 bridgehead atoms. The van der Waals surface area contributed by atoms with Crippen molar-refractivity contribution in [2.75, 3.05) is 12.8 Å². The Morgan fingerprint density at radius 2 is 2.08 bits per heavy atom. The third-order valence-corrected chi connectivity index (χ3v) is 5.54. The number of urea groups is 1. The highest BCUT2D eigenvalue weighted by molar-refractivity contribution is 8.14. The highest BCUT2D eigenvalue weighted by Crippen LogP contribution is 2.31. The van der Waals surface area contributed by atoms with Crippen LogP contribution in [0.4, 0.5) is 4.79 Å². The molecule has 1 aromatic carbocycles. The van der Waals surface area contributed by atoms with Gasteiger partial charge in [0.05, 0.1) is 5.75 Å². The molecule has 1 fully saturated rings. The molecule has 132 valence electrons. The first-order valence-electron chi connectivity index (χ1n) is 7.66. The third kappa shape index (κ3) is 3.50. The molecule has 1 aromatic rings. The van der Waals surface area contributed by atoms with Crippen LogP contribution in [0.25, 0.3) is 0 Å². The van der Waals surface area contributed by atoms with Gasteiger partial charge >= 0.3 is 6.03 Å². The van der Waals surface area contributed by atoms with E-state index in [9.17, 15) is 14.4 Å². The monoisotopic (exact) mass is 380 g/mol. The minimum Gasteiger partial charge on any atom is -0.331 e. The third-order valence-electron chi connectivity index (χ3n) is 4.03. The van der Waals surface area contributed by atoms with E-state index in [0.29, 0.717) is 16.7 Å². The first-order valence-corrected chi connectivity index (χ1v) is 9.02. The minimum atomic E-state index is -0.645. The number of carbonyl (C=O) groups excluding carboxylic acids is 3. The summed E-state index contributed by atoms with van der Waals surface area (Å²) >= 11 is 7.51. The first-order chi connectivity index (χ1) is 11.9. The lowest BCUT2D eigenvalue weighted by Gasteiger charge is -2.36. The van der Waals surface area contributed by atoms with Crippen LogP contribution in [0.3, 0.4) is 0 Å². The topological polar surface area (TPSA) is 82.1 Å². The standard InChI is InChI=1S/C16H17ClN4O3S/c1-9(22)8-25-16-18-13-12(14(23)19-15(24)20(13)2)21(16)7-10-5-3-4-6-11(10)17/h3-6,12-13H,7-8H2,1-2H3,(H,19,23,24). The highest BCUT2D eigenvalue weighted by Gasteiger charge is 2.48. The number of nitrogens with one attached hydrogen (secondary N) is 1. The Kier molecular flexibility index (Phi) is 5.01. The van der Waals surface area contributed by atoms with Crippen molar-refractivity contribution in [3.8, 4) is 0 Å². The largest absolute Gasteiger partial charge is 0.331 e. The predicted molar refractivity (Wildman–Crippen MR) is 96.4 cm³/mol. The fourth-order valence-corrected chi connectivity index (χ4v) is 3.82. The van der Waals surface area contributed by atoms with Gasteiger partial charge in [0.1, 0.15) is 5.78 Å². The van der Waals surface area contributed by atoms with E-state index in [0.717, 1.165) is 5.56 Å². The SMILES string of the molecule is CC(=O)CSC1=NC2C(C(=O)NC(=O)N2C)N1Cc1ccccc1Cl. The van der Waals surface area contributed by atoms with Gasteiger partial charge in [0.2, 0.25) is 0 Å². The quantitative estimate of drug-likeness (QED) is 0.859. The summed E-state index contributed by atoms with van der Waals surface area (Å²) < 4.78 is 0. The molecule has 0 aromatic heterocycles. The maximum Gasteiger partial charge on any atom is 0.325 e. The van der Waals surface area contributed by atoms with Crippen LogP contribution < -0.4 is 5.32 Å². The molecule has 0 spiro atoms. The summed E-state index contributed by atoms with van der Waals surface area (Å²) in [5.74, 6) is -0.146. The number of thioether (sulfide) groups is 1. The van der Waals surface area contributed by atoms with E-state index in [-0.39, 0.29) is 11.5 Å². The molecule has 9 heteroatoms. The van der Waals surface area contributed by atoms with Crippen molar-refractivity contribution >= 4 is 46.3 Å². The zero-order valence-corrected chi connectivity index (χ0v) is 15.3. The van der Waals surface area contributed by atoms with E-state index in [2.05, 4.69) is 10.3 Å². The number of halogens is 1. The maximum absolute atomic E-state index is 12.4. The molecule has 1 N–H and O–H groups in total. The molecule has 2 unspecified atom stereocenters. The second-order valence-electron chi connectivity index (χ2n) is 5.89. The molecule has 2 aliphatic rings. The molecule has 25 heavy (non-hydrogen) atoms. The number of carbonyl (C=O) groups is 3. The van der Waals surface area contributed by atoms with Gasteiger partial charge in [-0.25, -0.2) is 9.79 Å². The number of benzene rings is 1. The summed E-state index contributed by atoms with van der Waals surface area (Å²) in [6, 6.07) is 6.22. The van der Waals surface area contributed by atoms with Gasteiger partial charge < -0.3 is 9.80 Å². The number of hydrogen-bond acceptors (Lipinski definition) is 6. The number of imide groups is 1. The Morgan fingerprint density at radius 1 is 1.36 bits per heavy atom. The number of aliphatic imine (C=N–C) groups is 1. The Labute approximate surface area is 154 Å². The first kappa shape index (κ1) is 17.8. The number of amidine groups is 1. The average Bonchev–Trinajstić information content (AvgIpc) is 2.92. The van der Waals surface area contributed by atoms with Crippen molar-refractivity contribution in [3.05, 3.63) is 34.9 Å².